The number of alkyl halides is 3. The maximum Gasteiger partial charge on any atom is 0.416 e. The standard InChI is InChI=1S/C13H13F3N2S/c1-2-3-10-8-12(19)18(17-10)11-6-4-9(5-7-11)13(14,15)16/h4-8,17H,2-3H2,1H3. The Bertz CT molecular complexity index is 608. The summed E-state index contributed by atoms with van der Waals surface area (Å²) in [4.78, 5) is 0. The van der Waals surface area contributed by atoms with E-state index in [-0.39, 0.29) is 0 Å². The van der Waals surface area contributed by atoms with E-state index < -0.39 is 11.7 Å². The average Bonchev–Trinajstić information content (AvgIpc) is 2.70. The molecule has 2 nitrogen and oxygen atoms in total. The SMILES string of the molecule is CCCc1cc(=S)n(-c2ccc(C(F)(F)F)cc2)[nH]1. The fourth-order valence-electron chi connectivity index (χ4n) is 1.83. The number of nitrogens with one attached hydrogen (secondary N) is 1. The van der Waals surface area contributed by atoms with E-state index in [1.807, 2.05) is 13.0 Å². The molecular weight excluding hydrogens is 273 g/mol. The summed E-state index contributed by atoms with van der Waals surface area (Å²) in [5.41, 5.74) is 0.913. The minimum Gasteiger partial charge on any atom is -0.297 e. The predicted molar refractivity (Wildman–Crippen MR) is 70.0 cm³/mol. The molecule has 0 atom stereocenters. The number of halogens is 3. The first-order valence-corrected chi connectivity index (χ1v) is 6.31. The molecule has 2 rings (SSSR count). The lowest BCUT2D eigenvalue weighted by atomic mass is 10.2. The van der Waals surface area contributed by atoms with Gasteiger partial charge in [0.15, 0.2) is 0 Å². The van der Waals surface area contributed by atoms with Crippen LogP contribution in [0.5, 0.6) is 0 Å². The van der Waals surface area contributed by atoms with Crippen LogP contribution in [0.3, 0.4) is 0 Å². The largest absolute Gasteiger partial charge is 0.416 e. The van der Waals surface area contributed by atoms with Crippen LogP contribution in [-0.4, -0.2) is 9.78 Å². The molecule has 1 aromatic heterocycles. The number of aromatic amines is 1. The predicted octanol–water partition coefficient (Wildman–Crippen LogP) is 4.51. The van der Waals surface area contributed by atoms with Crippen molar-refractivity contribution in [3.8, 4) is 5.69 Å². The van der Waals surface area contributed by atoms with Crippen LogP contribution in [0.2, 0.25) is 0 Å². The van der Waals surface area contributed by atoms with Gasteiger partial charge in [-0.3, -0.25) is 5.10 Å². The summed E-state index contributed by atoms with van der Waals surface area (Å²) < 4.78 is 39.6. The zero-order valence-corrected chi connectivity index (χ0v) is 11.1. The highest BCUT2D eigenvalue weighted by Crippen LogP contribution is 2.29. The molecule has 0 bridgehead atoms. The normalized spacial score (nSPS) is 11.8. The highest BCUT2D eigenvalue weighted by Gasteiger charge is 2.30. The molecule has 0 unspecified atom stereocenters. The van der Waals surface area contributed by atoms with Crippen LogP contribution >= 0.6 is 12.2 Å². The van der Waals surface area contributed by atoms with Crippen molar-refractivity contribution >= 4 is 12.2 Å². The maximum atomic E-state index is 12.5. The van der Waals surface area contributed by atoms with Gasteiger partial charge in [0.2, 0.25) is 0 Å². The number of aryl methyl sites for hydroxylation is 1. The van der Waals surface area contributed by atoms with Crippen molar-refractivity contribution in [1.82, 2.24) is 9.78 Å². The van der Waals surface area contributed by atoms with Crippen LogP contribution in [0.25, 0.3) is 5.69 Å². The number of H-pyrrole nitrogens is 1. The van der Waals surface area contributed by atoms with Crippen molar-refractivity contribution in [3.63, 3.8) is 0 Å². The zero-order chi connectivity index (χ0) is 14.0. The Morgan fingerprint density at radius 3 is 2.37 bits per heavy atom. The van der Waals surface area contributed by atoms with Crippen LogP contribution in [0, 0.1) is 4.64 Å². The number of rotatable bonds is 3. The number of benzene rings is 1. The van der Waals surface area contributed by atoms with Gasteiger partial charge in [0, 0.05) is 5.69 Å². The van der Waals surface area contributed by atoms with E-state index in [1.165, 1.54) is 12.1 Å². The van der Waals surface area contributed by atoms with E-state index in [2.05, 4.69) is 5.10 Å². The van der Waals surface area contributed by atoms with E-state index in [0.717, 1.165) is 30.7 Å². The first-order valence-electron chi connectivity index (χ1n) is 5.90. The summed E-state index contributed by atoms with van der Waals surface area (Å²) in [7, 11) is 0. The molecule has 19 heavy (non-hydrogen) atoms. The number of hydrogen-bond acceptors (Lipinski definition) is 1. The van der Waals surface area contributed by atoms with Crippen molar-refractivity contribution in [1.29, 1.82) is 0 Å². The average molecular weight is 286 g/mol. The van der Waals surface area contributed by atoms with Crippen molar-refractivity contribution < 1.29 is 13.2 Å². The fraction of sp³-hybridized carbons (Fsp3) is 0.308. The molecule has 0 fully saturated rings. The quantitative estimate of drug-likeness (QED) is 0.823. The molecule has 0 saturated heterocycles. The van der Waals surface area contributed by atoms with Crippen LogP contribution in [0.15, 0.2) is 30.3 Å². The second-order valence-electron chi connectivity index (χ2n) is 4.25. The topological polar surface area (TPSA) is 20.7 Å². The molecule has 1 aromatic carbocycles. The second kappa shape index (κ2) is 5.21. The molecule has 2 aromatic rings. The van der Waals surface area contributed by atoms with Crippen molar-refractivity contribution in [3.05, 3.63) is 46.2 Å². The Labute approximate surface area is 113 Å². The van der Waals surface area contributed by atoms with Gasteiger partial charge in [-0.15, -0.1) is 0 Å². The monoisotopic (exact) mass is 286 g/mol. The first kappa shape index (κ1) is 13.9. The molecule has 0 spiro atoms. The van der Waals surface area contributed by atoms with Gasteiger partial charge in [0.05, 0.1) is 11.3 Å². The van der Waals surface area contributed by atoms with Crippen molar-refractivity contribution in [2.24, 2.45) is 0 Å². The molecule has 0 radical (unpaired) electrons. The third-order valence-corrected chi connectivity index (χ3v) is 3.05. The van der Waals surface area contributed by atoms with Crippen molar-refractivity contribution in [2.45, 2.75) is 25.9 Å². The van der Waals surface area contributed by atoms with E-state index in [4.69, 9.17) is 12.2 Å². The van der Waals surface area contributed by atoms with Crippen LogP contribution in [0.1, 0.15) is 24.6 Å². The van der Waals surface area contributed by atoms with Crippen LogP contribution in [-0.2, 0) is 12.6 Å². The first-order chi connectivity index (χ1) is 8.91. The summed E-state index contributed by atoms with van der Waals surface area (Å²) in [6.45, 7) is 2.05. The molecule has 1 N–H and O–H groups in total. The Morgan fingerprint density at radius 1 is 1.21 bits per heavy atom. The molecule has 0 aliphatic heterocycles. The molecule has 0 aliphatic carbocycles. The van der Waals surface area contributed by atoms with Gasteiger partial charge in [0.1, 0.15) is 4.64 Å². The highest BCUT2D eigenvalue weighted by atomic mass is 32.1. The summed E-state index contributed by atoms with van der Waals surface area (Å²) in [5.74, 6) is 0. The molecule has 6 heteroatoms. The maximum absolute atomic E-state index is 12.5. The smallest absolute Gasteiger partial charge is 0.297 e. The Morgan fingerprint density at radius 2 is 1.84 bits per heavy atom. The molecular formula is C13H13F3N2S. The summed E-state index contributed by atoms with van der Waals surface area (Å²) in [5, 5.41) is 3.09. The second-order valence-corrected chi connectivity index (χ2v) is 4.67. The minimum absolute atomic E-state index is 0.559. The van der Waals surface area contributed by atoms with Crippen LogP contribution < -0.4 is 0 Å². The van der Waals surface area contributed by atoms with Gasteiger partial charge in [-0.1, -0.05) is 25.6 Å². The summed E-state index contributed by atoms with van der Waals surface area (Å²) in [6, 6.07) is 6.75. The number of hydrogen-bond donors (Lipinski definition) is 1. The lowest BCUT2D eigenvalue weighted by Crippen LogP contribution is -2.05. The summed E-state index contributed by atoms with van der Waals surface area (Å²) >= 11 is 5.18. The third kappa shape index (κ3) is 3.07. The van der Waals surface area contributed by atoms with Gasteiger partial charge in [-0.05, 0) is 36.8 Å². The van der Waals surface area contributed by atoms with E-state index >= 15 is 0 Å². The lowest BCUT2D eigenvalue weighted by molar-refractivity contribution is -0.137. The zero-order valence-electron chi connectivity index (χ0n) is 10.3. The lowest BCUT2D eigenvalue weighted by Gasteiger charge is -2.08. The van der Waals surface area contributed by atoms with Gasteiger partial charge in [0.25, 0.3) is 0 Å². The summed E-state index contributed by atoms with van der Waals surface area (Å²) in [6.07, 6.45) is -2.48. The molecule has 102 valence electrons. The van der Waals surface area contributed by atoms with Gasteiger partial charge in [-0.2, -0.15) is 13.2 Å². The molecule has 1 heterocycles. The molecule has 0 amide bonds. The van der Waals surface area contributed by atoms with Gasteiger partial charge >= 0.3 is 6.18 Å². The fourth-order valence-corrected chi connectivity index (χ4v) is 2.13. The van der Waals surface area contributed by atoms with Crippen molar-refractivity contribution in [2.75, 3.05) is 0 Å². The van der Waals surface area contributed by atoms with Gasteiger partial charge in [-0.25, -0.2) is 4.68 Å². The molecule has 0 saturated carbocycles. The third-order valence-electron chi connectivity index (χ3n) is 2.75. The van der Waals surface area contributed by atoms with Crippen LogP contribution in [0.4, 0.5) is 13.2 Å². The van der Waals surface area contributed by atoms with E-state index in [1.54, 1.807) is 4.68 Å². The highest BCUT2D eigenvalue weighted by molar-refractivity contribution is 7.71. The molecule has 0 aliphatic rings. The minimum atomic E-state index is -4.32. The Balaban J connectivity index is 2.35. The van der Waals surface area contributed by atoms with Gasteiger partial charge < -0.3 is 0 Å². The Kier molecular flexibility index (Phi) is 3.80. The Hall–Kier alpha value is -1.56. The van der Waals surface area contributed by atoms with E-state index in [0.29, 0.717) is 10.3 Å². The number of nitrogens with zero attached hydrogens (tertiary/aromatic N) is 1. The van der Waals surface area contributed by atoms with E-state index in [9.17, 15) is 13.2 Å². The number of aromatic nitrogens is 2.